The lowest BCUT2D eigenvalue weighted by Gasteiger charge is -2.20. The highest BCUT2D eigenvalue weighted by molar-refractivity contribution is 6.07. The second kappa shape index (κ2) is 4.50. The molecule has 1 N–H and O–H groups in total. The number of urea groups is 1. The first-order chi connectivity index (χ1) is 9.13. The summed E-state index contributed by atoms with van der Waals surface area (Å²) < 4.78 is 38.0. The Balaban J connectivity index is 2.20. The molecule has 1 unspecified atom stereocenters. The number of hydrogen-bond donors (Lipinski definition) is 1. The molecule has 1 aromatic rings. The van der Waals surface area contributed by atoms with E-state index in [0.717, 1.165) is 0 Å². The number of rotatable bonds is 3. The van der Waals surface area contributed by atoms with Crippen LogP contribution in [-0.4, -0.2) is 39.3 Å². The van der Waals surface area contributed by atoms with Crippen LogP contribution in [0.4, 0.5) is 18.0 Å². The van der Waals surface area contributed by atoms with Gasteiger partial charge in [0.05, 0.1) is 12.6 Å². The summed E-state index contributed by atoms with van der Waals surface area (Å²) in [7, 11) is 1.63. The van der Waals surface area contributed by atoms with E-state index in [0.29, 0.717) is 10.5 Å². The summed E-state index contributed by atoms with van der Waals surface area (Å²) in [6, 6.07) is -0.828. The predicted molar refractivity (Wildman–Crippen MR) is 61.5 cm³/mol. The van der Waals surface area contributed by atoms with Crippen LogP contribution in [0.25, 0.3) is 0 Å². The molecule has 6 nitrogen and oxygen atoms in total. The first-order valence-corrected chi connectivity index (χ1v) is 5.83. The van der Waals surface area contributed by atoms with Crippen LogP contribution >= 0.6 is 0 Å². The van der Waals surface area contributed by atoms with Crippen molar-refractivity contribution in [2.75, 3.05) is 6.54 Å². The van der Waals surface area contributed by atoms with Crippen molar-refractivity contribution in [3.8, 4) is 0 Å². The molecule has 1 saturated heterocycles. The van der Waals surface area contributed by atoms with Crippen LogP contribution < -0.4 is 5.32 Å². The van der Waals surface area contributed by atoms with Crippen LogP contribution in [0.1, 0.15) is 18.9 Å². The Morgan fingerprint density at radius 1 is 1.40 bits per heavy atom. The highest BCUT2D eigenvalue weighted by atomic mass is 19.4. The molecule has 0 saturated carbocycles. The van der Waals surface area contributed by atoms with E-state index in [9.17, 15) is 22.8 Å². The average Bonchev–Trinajstić information content (AvgIpc) is 2.82. The van der Waals surface area contributed by atoms with E-state index in [1.54, 1.807) is 7.05 Å². The van der Waals surface area contributed by atoms with Gasteiger partial charge in [-0.3, -0.25) is 14.4 Å². The number of alkyl halides is 3. The van der Waals surface area contributed by atoms with Crippen molar-refractivity contribution in [3.63, 3.8) is 0 Å². The fourth-order valence-electron chi connectivity index (χ4n) is 2.01. The maximum Gasteiger partial charge on any atom is 0.390 e. The molecule has 2 rings (SSSR count). The van der Waals surface area contributed by atoms with Gasteiger partial charge in [0.25, 0.3) is 5.91 Å². The quantitative estimate of drug-likeness (QED) is 0.849. The van der Waals surface area contributed by atoms with Crippen molar-refractivity contribution in [2.24, 2.45) is 7.05 Å². The largest absolute Gasteiger partial charge is 0.390 e. The SMILES string of the molecule is Cn1cc(C2(C)NC(=O)N(CCC(F)(F)F)C2=O)cn1. The lowest BCUT2D eigenvalue weighted by atomic mass is 9.95. The summed E-state index contributed by atoms with van der Waals surface area (Å²) >= 11 is 0. The van der Waals surface area contributed by atoms with Crippen LogP contribution in [0.3, 0.4) is 0 Å². The molecule has 0 spiro atoms. The lowest BCUT2D eigenvalue weighted by molar-refractivity contribution is -0.142. The van der Waals surface area contributed by atoms with Gasteiger partial charge in [-0.15, -0.1) is 0 Å². The Bertz CT molecular complexity index is 554. The molecule has 0 bridgehead atoms. The third-order valence-corrected chi connectivity index (χ3v) is 3.18. The summed E-state index contributed by atoms with van der Waals surface area (Å²) in [6.45, 7) is 0.752. The zero-order valence-electron chi connectivity index (χ0n) is 10.9. The third kappa shape index (κ3) is 2.47. The van der Waals surface area contributed by atoms with Gasteiger partial charge in [0.2, 0.25) is 0 Å². The Morgan fingerprint density at radius 3 is 2.55 bits per heavy atom. The second-order valence-electron chi connectivity index (χ2n) is 4.78. The predicted octanol–water partition coefficient (Wildman–Crippen LogP) is 1.14. The number of hydrogen-bond acceptors (Lipinski definition) is 3. The van der Waals surface area contributed by atoms with E-state index in [-0.39, 0.29) is 0 Å². The second-order valence-corrected chi connectivity index (χ2v) is 4.78. The highest BCUT2D eigenvalue weighted by Crippen LogP contribution is 2.29. The van der Waals surface area contributed by atoms with Crippen LogP contribution in [0.5, 0.6) is 0 Å². The normalized spacial score (nSPS) is 23.4. The van der Waals surface area contributed by atoms with Gasteiger partial charge < -0.3 is 5.32 Å². The van der Waals surface area contributed by atoms with Gasteiger partial charge in [-0.1, -0.05) is 0 Å². The number of imide groups is 1. The van der Waals surface area contributed by atoms with Gasteiger partial charge in [0, 0.05) is 25.4 Å². The van der Waals surface area contributed by atoms with E-state index in [1.807, 2.05) is 0 Å². The molecule has 9 heteroatoms. The molecule has 1 fully saturated rings. The van der Waals surface area contributed by atoms with Gasteiger partial charge in [-0.2, -0.15) is 18.3 Å². The molecule has 1 aliphatic heterocycles. The maximum atomic E-state index is 12.2. The Labute approximate surface area is 112 Å². The van der Waals surface area contributed by atoms with Crippen molar-refractivity contribution < 1.29 is 22.8 Å². The topological polar surface area (TPSA) is 67.2 Å². The van der Waals surface area contributed by atoms with E-state index in [1.165, 1.54) is 24.0 Å². The average molecular weight is 290 g/mol. The van der Waals surface area contributed by atoms with Gasteiger partial charge in [0.15, 0.2) is 0 Å². The van der Waals surface area contributed by atoms with Crippen molar-refractivity contribution in [2.45, 2.75) is 25.1 Å². The monoisotopic (exact) mass is 290 g/mol. The first kappa shape index (κ1) is 14.4. The van der Waals surface area contributed by atoms with Gasteiger partial charge in [0.1, 0.15) is 5.54 Å². The number of amides is 3. The minimum Gasteiger partial charge on any atom is -0.319 e. The van der Waals surface area contributed by atoms with Crippen LogP contribution in [0, 0.1) is 0 Å². The van der Waals surface area contributed by atoms with Gasteiger partial charge in [-0.25, -0.2) is 4.79 Å². The molecular formula is C11H13F3N4O2. The summed E-state index contributed by atoms with van der Waals surface area (Å²) in [6.07, 6.45) is -2.72. The van der Waals surface area contributed by atoms with Gasteiger partial charge >= 0.3 is 12.2 Å². The zero-order valence-corrected chi connectivity index (χ0v) is 10.9. The number of carbonyl (C=O) groups is 2. The lowest BCUT2D eigenvalue weighted by Crippen LogP contribution is -2.41. The van der Waals surface area contributed by atoms with Crippen molar-refractivity contribution in [1.29, 1.82) is 0 Å². The minimum absolute atomic E-state index is 0.424. The summed E-state index contributed by atoms with van der Waals surface area (Å²) in [4.78, 5) is 24.5. The fraction of sp³-hybridized carbons (Fsp3) is 0.545. The van der Waals surface area contributed by atoms with Crippen LogP contribution in [0.2, 0.25) is 0 Å². The Kier molecular flexibility index (Phi) is 3.23. The molecule has 110 valence electrons. The number of halogens is 3. The zero-order chi connectivity index (χ0) is 15.1. The molecule has 2 heterocycles. The molecule has 3 amide bonds. The molecule has 20 heavy (non-hydrogen) atoms. The molecule has 0 radical (unpaired) electrons. The fourth-order valence-corrected chi connectivity index (χ4v) is 2.01. The standard InChI is InChI=1S/C11H13F3N4O2/c1-10(7-5-15-17(2)6-7)8(19)18(9(20)16-10)4-3-11(12,13)14/h5-6H,3-4H2,1-2H3,(H,16,20). The molecular weight excluding hydrogens is 277 g/mol. The number of nitrogens with one attached hydrogen (secondary N) is 1. The highest BCUT2D eigenvalue weighted by Gasteiger charge is 2.50. The van der Waals surface area contributed by atoms with Crippen molar-refractivity contribution in [1.82, 2.24) is 20.0 Å². The first-order valence-electron chi connectivity index (χ1n) is 5.83. The van der Waals surface area contributed by atoms with Crippen molar-refractivity contribution in [3.05, 3.63) is 18.0 Å². The number of aryl methyl sites for hydroxylation is 1. The summed E-state index contributed by atoms with van der Waals surface area (Å²) in [5.41, 5.74) is -0.954. The van der Waals surface area contributed by atoms with E-state index < -0.39 is 36.6 Å². The number of nitrogens with zero attached hydrogens (tertiary/aromatic N) is 3. The van der Waals surface area contributed by atoms with Gasteiger partial charge in [-0.05, 0) is 6.92 Å². The molecule has 0 aromatic carbocycles. The minimum atomic E-state index is -4.42. The third-order valence-electron chi connectivity index (χ3n) is 3.18. The molecule has 0 aliphatic carbocycles. The van der Waals surface area contributed by atoms with E-state index >= 15 is 0 Å². The Hall–Kier alpha value is -2.06. The Morgan fingerprint density at radius 2 is 2.05 bits per heavy atom. The smallest absolute Gasteiger partial charge is 0.319 e. The molecule has 1 aromatic heterocycles. The van der Waals surface area contributed by atoms with E-state index in [2.05, 4.69) is 10.4 Å². The number of aromatic nitrogens is 2. The molecule has 1 atom stereocenters. The van der Waals surface area contributed by atoms with Crippen LogP contribution in [0.15, 0.2) is 12.4 Å². The van der Waals surface area contributed by atoms with Crippen molar-refractivity contribution >= 4 is 11.9 Å². The summed E-state index contributed by atoms with van der Waals surface area (Å²) in [5.74, 6) is -0.709. The number of carbonyl (C=O) groups excluding carboxylic acids is 2. The maximum absolute atomic E-state index is 12.2. The van der Waals surface area contributed by atoms with Crippen LogP contribution in [-0.2, 0) is 17.4 Å². The van der Waals surface area contributed by atoms with E-state index in [4.69, 9.17) is 0 Å². The summed E-state index contributed by atoms with van der Waals surface area (Å²) in [5, 5.41) is 6.30. The molecule has 1 aliphatic rings.